The van der Waals surface area contributed by atoms with Crippen molar-refractivity contribution in [3.8, 4) is 0 Å². The van der Waals surface area contributed by atoms with Crippen LogP contribution in [-0.2, 0) is 18.2 Å². The van der Waals surface area contributed by atoms with Crippen LogP contribution in [0.4, 0.5) is 0 Å². The number of benzene rings is 1. The average Bonchev–Trinajstić information content (AvgIpc) is 3.26. The van der Waals surface area contributed by atoms with Gasteiger partial charge in [0.05, 0.1) is 11.8 Å². The van der Waals surface area contributed by atoms with Gasteiger partial charge in [0, 0.05) is 44.9 Å². The minimum Gasteiger partial charge on any atom is -0.373 e. The fourth-order valence-electron chi connectivity index (χ4n) is 3.98. The molecule has 0 radical (unpaired) electrons. The first-order valence-corrected chi connectivity index (χ1v) is 10.1. The van der Waals surface area contributed by atoms with Gasteiger partial charge in [0.25, 0.3) is 0 Å². The summed E-state index contributed by atoms with van der Waals surface area (Å²) in [6, 6.07) is 10.8. The average molecular weight is 384 g/mol. The third-order valence-corrected chi connectivity index (χ3v) is 5.65. The van der Waals surface area contributed by atoms with E-state index in [1.54, 1.807) is 0 Å². The van der Waals surface area contributed by atoms with E-state index in [4.69, 9.17) is 4.74 Å². The minimum atomic E-state index is 0.157. The van der Waals surface area contributed by atoms with Gasteiger partial charge in [-0.05, 0) is 44.7 Å². The number of rotatable bonds is 6. The molecular weight excluding hydrogens is 350 g/mol. The molecule has 0 spiro atoms. The molecule has 2 heterocycles. The van der Waals surface area contributed by atoms with Gasteiger partial charge in [-0.2, -0.15) is 5.10 Å². The fraction of sp³-hybridized carbons (Fsp3) is 0.545. The molecule has 28 heavy (non-hydrogen) atoms. The zero-order valence-electron chi connectivity index (χ0n) is 17.7. The van der Waals surface area contributed by atoms with Crippen LogP contribution in [0.3, 0.4) is 0 Å². The van der Waals surface area contributed by atoms with Gasteiger partial charge in [-0.1, -0.05) is 30.3 Å². The lowest BCUT2D eigenvalue weighted by atomic mass is 9.95. The molecule has 152 valence electrons. The summed E-state index contributed by atoms with van der Waals surface area (Å²) in [6.45, 7) is 8.04. The number of nitrogens with zero attached hydrogens (tertiary/aromatic N) is 3. The van der Waals surface area contributed by atoms with E-state index in [2.05, 4.69) is 65.8 Å². The lowest BCUT2D eigenvalue weighted by molar-refractivity contribution is 0.0915. The Bertz CT molecular complexity index is 799. The Kier molecular flexibility index (Phi) is 6.73. The van der Waals surface area contributed by atoms with Crippen LogP contribution in [0.25, 0.3) is 0 Å². The summed E-state index contributed by atoms with van der Waals surface area (Å²) in [6.07, 6.45) is 2.14. The molecule has 1 aliphatic heterocycles. The van der Waals surface area contributed by atoms with Gasteiger partial charge in [0.2, 0.25) is 0 Å². The maximum atomic E-state index is 6.00. The van der Waals surface area contributed by atoms with Crippen LogP contribution in [0, 0.1) is 19.8 Å². The highest BCUT2D eigenvalue weighted by Crippen LogP contribution is 2.33. The summed E-state index contributed by atoms with van der Waals surface area (Å²) >= 11 is 0. The van der Waals surface area contributed by atoms with Crippen molar-refractivity contribution >= 4 is 5.96 Å². The highest BCUT2D eigenvalue weighted by atomic mass is 16.5. The summed E-state index contributed by atoms with van der Waals surface area (Å²) < 4.78 is 7.95. The molecule has 0 bridgehead atoms. The van der Waals surface area contributed by atoms with Gasteiger partial charge in [0.15, 0.2) is 5.96 Å². The standard InChI is InChI=1S/C22H33N5O/c1-15(13-20-16(2)26-27(5)17(20)3)25-22(23-4)24-14-19-11-12-28-21(19)18-9-7-6-8-10-18/h6-10,15,19,21H,11-14H2,1-5H3,(H2,23,24,25). The Labute approximate surface area is 168 Å². The first-order chi connectivity index (χ1) is 13.5. The van der Waals surface area contributed by atoms with Crippen LogP contribution >= 0.6 is 0 Å². The van der Waals surface area contributed by atoms with E-state index in [9.17, 15) is 0 Å². The molecule has 0 amide bonds. The highest BCUT2D eigenvalue weighted by molar-refractivity contribution is 5.80. The van der Waals surface area contributed by atoms with Crippen molar-refractivity contribution in [1.29, 1.82) is 0 Å². The molecule has 6 nitrogen and oxygen atoms in total. The highest BCUT2D eigenvalue weighted by Gasteiger charge is 2.29. The van der Waals surface area contributed by atoms with Gasteiger partial charge in [-0.25, -0.2) is 0 Å². The summed E-state index contributed by atoms with van der Waals surface area (Å²) in [5.74, 6) is 1.28. The predicted octanol–water partition coefficient (Wildman–Crippen LogP) is 2.91. The molecule has 3 unspecified atom stereocenters. The van der Waals surface area contributed by atoms with Crippen LogP contribution in [0.1, 0.15) is 42.0 Å². The van der Waals surface area contributed by atoms with E-state index >= 15 is 0 Å². The minimum absolute atomic E-state index is 0.157. The largest absolute Gasteiger partial charge is 0.373 e. The summed E-state index contributed by atoms with van der Waals surface area (Å²) in [5.41, 5.74) is 4.89. The molecule has 2 aromatic rings. The molecule has 1 fully saturated rings. The number of aromatic nitrogens is 2. The molecule has 0 saturated carbocycles. The van der Waals surface area contributed by atoms with E-state index in [0.717, 1.165) is 37.6 Å². The molecule has 3 rings (SSSR count). The van der Waals surface area contributed by atoms with Crippen molar-refractivity contribution in [2.45, 2.75) is 45.8 Å². The van der Waals surface area contributed by atoms with Crippen molar-refractivity contribution < 1.29 is 4.74 Å². The van der Waals surface area contributed by atoms with Crippen molar-refractivity contribution in [3.63, 3.8) is 0 Å². The first kappa shape index (κ1) is 20.4. The van der Waals surface area contributed by atoms with Gasteiger partial charge in [-0.3, -0.25) is 9.67 Å². The quantitative estimate of drug-likeness (QED) is 0.595. The lowest BCUT2D eigenvalue weighted by Gasteiger charge is -2.22. The third kappa shape index (κ3) is 4.73. The lowest BCUT2D eigenvalue weighted by Crippen LogP contribution is -2.45. The predicted molar refractivity (Wildman–Crippen MR) is 114 cm³/mol. The first-order valence-electron chi connectivity index (χ1n) is 10.1. The molecule has 1 saturated heterocycles. The SMILES string of the molecule is CN=C(NCC1CCOC1c1ccccc1)NC(C)Cc1c(C)nn(C)c1C. The second kappa shape index (κ2) is 9.24. The van der Waals surface area contributed by atoms with Gasteiger partial charge in [0.1, 0.15) is 0 Å². The van der Waals surface area contributed by atoms with Crippen molar-refractivity contribution in [2.75, 3.05) is 20.2 Å². The van der Waals surface area contributed by atoms with Crippen molar-refractivity contribution in [3.05, 3.63) is 52.8 Å². The molecule has 1 aliphatic rings. The zero-order chi connectivity index (χ0) is 20.1. The maximum Gasteiger partial charge on any atom is 0.191 e. The normalized spacial score (nSPS) is 21.0. The Hall–Kier alpha value is -2.34. The second-order valence-electron chi connectivity index (χ2n) is 7.73. The van der Waals surface area contributed by atoms with E-state index in [1.165, 1.54) is 16.8 Å². The topological polar surface area (TPSA) is 63.5 Å². The number of aryl methyl sites for hydroxylation is 2. The van der Waals surface area contributed by atoms with Crippen molar-refractivity contribution in [1.82, 2.24) is 20.4 Å². The summed E-state index contributed by atoms with van der Waals surface area (Å²) in [4.78, 5) is 4.41. The zero-order valence-corrected chi connectivity index (χ0v) is 17.7. The smallest absolute Gasteiger partial charge is 0.191 e. The summed E-state index contributed by atoms with van der Waals surface area (Å²) in [5, 5.41) is 11.5. The number of hydrogen-bond donors (Lipinski definition) is 2. The maximum absolute atomic E-state index is 6.00. The van der Waals surface area contributed by atoms with Crippen molar-refractivity contribution in [2.24, 2.45) is 18.0 Å². The molecule has 2 N–H and O–H groups in total. The Balaban J connectivity index is 1.54. The van der Waals surface area contributed by atoms with Crippen LogP contribution in [0.5, 0.6) is 0 Å². The molecule has 1 aromatic carbocycles. The molecular formula is C22H33N5O. The molecule has 6 heteroatoms. The number of hydrogen-bond acceptors (Lipinski definition) is 3. The Morgan fingerprint density at radius 2 is 2.07 bits per heavy atom. The third-order valence-electron chi connectivity index (χ3n) is 5.65. The Morgan fingerprint density at radius 1 is 1.32 bits per heavy atom. The Morgan fingerprint density at radius 3 is 2.71 bits per heavy atom. The second-order valence-corrected chi connectivity index (χ2v) is 7.73. The van der Waals surface area contributed by atoms with E-state index < -0.39 is 0 Å². The van der Waals surface area contributed by atoms with Gasteiger partial charge in [-0.15, -0.1) is 0 Å². The van der Waals surface area contributed by atoms with Crippen LogP contribution in [-0.4, -0.2) is 42.0 Å². The monoisotopic (exact) mass is 383 g/mol. The van der Waals surface area contributed by atoms with E-state index in [0.29, 0.717) is 5.92 Å². The van der Waals surface area contributed by atoms with Crippen LogP contribution < -0.4 is 10.6 Å². The van der Waals surface area contributed by atoms with Crippen LogP contribution in [0.15, 0.2) is 35.3 Å². The summed E-state index contributed by atoms with van der Waals surface area (Å²) in [7, 11) is 3.82. The van der Waals surface area contributed by atoms with Gasteiger partial charge >= 0.3 is 0 Å². The number of nitrogens with one attached hydrogen (secondary N) is 2. The molecule has 0 aliphatic carbocycles. The molecule has 1 aromatic heterocycles. The number of aliphatic imine (C=N–C) groups is 1. The van der Waals surface area contributed by atoms with Gasteiger partial charge < -0.3 is 15.4 Å². The number of ether oxygens (including phenoxy) is 1. The van der Waals surface area contributed by atoms with Crippen LogP contribution in [0.2, 0.25) is 0 Å². The fourth-order valence-corrected chi connectivity index (χ4v) is 3.98. The van der Waals surface area contributed by atoms with E-state index in [-0.39, 0.29) is 12.1 Å². The van der Waals surface area contributed by atoms with E-state index in [1.807, 2.05) is 24.8 Å². The number of guanidine groups is 1. The molecule has 3 atom stereocenters.